The molecular formula is C14H12BrFN2O3. The molecule has 0 amide bonds. The fourth-order valence-corrected chi connectivity index (χ4v) is 2.63. The number of fused-ring (bicyclic) bond motifs is 1. The standard InChI is InChI=1S/C14H12BrFN2O3/c1-7-11(16)14(19)18-13(17-7)8-5-9(15)12-10(6-8)20-3-2-4-21-12/h5-6H,2-4H2,1H3,(H,17,18,19). The van der Waals surface area contributed by atoms with Crippen LogP contribution in [0.15, 0.2) is 21.4 Å². The number of hydrogen-bond acceptors (Lipinski definition) is 4. The third-order valence-corrected chi connectivity index (χ3v) is 3.69. The summed E-state index contributed by atoms with van der Waals surface area (Å²) in [7, 11) is 0. The molecule has 0 unspecified atom stereocenters. The van der Waals surface area contributed by atoms with E-state index in [2.05, 4.69) is 25.9 Å². The van der Waals surface area contributed by atoms with Crippen molar-refractivity contribution < 1.29 is 13.9 Å². The lowest BCUT2D eigenvalue weighted by Gasteiger charge is -2.11. The lowest BCUT2D eigenvalue weighted by molar-refractivity contribution is 0.296. The Bertz CT molecular complexity index is 761. The Labute approximate surface area is 128 Å². The van der Waals surface area contributed by atoms with Crippen molar-refractivity contribution >= 4 is 15.9 Å². The van der Waals surface area contributed by atoms with Crippen LogP contribution in [0.4, 0.5) is 4.39 Å². The van der Waals surface area contributed by atoms with Gasteiger partial charge in [-0.1, -0.05) is 0 Å². The largest absolute Gasteiger partial charge is 0.489 e. The van der Waals surface area contributed by atoms with E-state index in [1.807, 2.05) is 0 Å². The summed E-state index contributed by atoms with van der Waals surface area (Å²) in [5.41, 5.74) is -0.121. The van der Waals surface area contributed by atoms with Crippen LogP contribution in [0.3, 0.4) is 0 Å². The second-order valence-corrected chi connectivity index (χ2v) is 5.50. The number of aromatic nitrogens is 2. The molecule has 0 bridgehead atoms. The first-order chi connectivity index (χ1) is 10.1. The highest BCUT2D eigenvalue weighted by molar-refractivity contribution is 9.10. The number of H-pyrrole nitrogens is 1. The molecular weight excluding hydrogens is 343 g/mol. The van der Waals surface area contributed by atoms with Gasteiger partial charge in [-0.15, -0.1) is 0 Å². The van der Waals surface area contributed by atoms with Gasteiger partial charge in [-0.25, -0.2) is 4.98 Å². The number of hydrogen-bond donors (Lipinski definition) is 1. The molecule has 0 saturated carbocycles. The van der Waals surface area contributed by atoms with Gasteiger partial charge in [0.05, 0.1) is 23.4 Å². The van der Waals surface area contributed by atoms with Crippen molar-refractivity contribution in [1.82, 2.24) is 9.97 Å². The molecule has 0 atom stereocenters. The molecule has 110 valence electrons. The molecule has 1 aromatic carbocycles. The minimum Gasteiger partial charge on any atom is -0.489 e. The first-order valence-electron chi connectivity index (χ1n) is 6.42. The van der Waals surface area contributed by atoms with Crippen LogP contribution < -0.4 is 15.0 Å². The van der Waals surface area contributed by atoms with Crippen molar-refractivity contribution in [3.05, 3.63) is 38.5 Å². The molecule has 1 N–H and O–H groups in total. The number of benzene rings is 1. The Morgan fingerprint density at radius 2 is 2.10 bits per heavy atom. The summed E-state index contributed by atoms with van der Waals surface area (Å²) in [6, 6.07) is 3.48. The van der Waals surface area contributed by atoms with E-state index in [1.165, 1.54) is 6.92 Å². The molecule has 0 radical (unpaired) electrons. The van der Waals surface area contributed by atoms with Crippen molar-refractivity contribution in [2.45, 2.75) is 13.3 Å². The number of halogens is 2. The third kappa shape index (κ3) is 2.65. The molecule has 0 fully saturated rings. The Balaban J connectivity index is 2.14. The van der Waals surface area contributed by atoms with Crippen LogP contribution in [0.25, 0.3) is 11.4 Å². The van der Waals surface area contributed by atoms with Crippen LogP contribution in [0.5, 0.6) is 11.5 Å². The third-order valence-electron chi connectivity index (χ3n) is 3.10. The van der Waals surface area contributed by atoms with Crippen LogP contribution >= 0.6 is 15.9 Å². The number of aryl methyl sites for hydroxylation is 1. The predicted octanol–water partition coefficient (Wildman–Crippen LogP) is 2.81. The van der Waals surface area contributed by atoms with Gasteiger partial charge in [-0.2, -0.15) is 4.39 Å². The predicted molar refractivity (Wildman–Crippen MR) is 78.3 cm³/mol. The zero-order valence-electron chi connectivity index (χ0n) is 11.2. The number of ether oxygens (including phenoxy) is 2. The van der Waals surface area contributed by atoms with Gasteiger partial charge in [-0.3, -0.25) is 4.79 Å². The van der Waals surface area contributed by atoms with Crippen molar-refractivity contribution in [2.75, 3.05) is 13.2 Å². The highest BCUT2D eigenvalue weighted by atomic mass is 79.9. The maximum absolute atomic E-state index is 13.4. The van der Waals surface area contributed by atoms with E-state index in [0.717, 1.165) is 6.42 Å². The minimum atomic E-state index is -0.868. The Morgan fingerprint density at radius 1 is 1.33 bits per heavy atom. The molecule has 7 heteroatoms. The van der Waals surface area contributed by atoms with E-state index < -0.39 is 11.4 Å². The van der Waals surface area contributed by atoms with E-state index in [0.29, 0.717) is 34.7 Å². The van der Waals surface area contributed by atoms with Crippen molar-refractivity contribution in [1.29, 1.82) is 0 Å². The minimum absolute atomic E-state index is 0.0528. The van der Waals surface area contributed by atoms with E-state index >= 15 is 0 Å². The molecule has 0 saturated heterocycles. The zero-order valence-corrected chi connectivity index (χ0v) is 12.8. The smallest absolute Gasteiger partial charge is 0.287 e. The van der Waals surface area contributed by atoms with Crippen LogP contribution in [0.1, 0.15) is 12.1 Å². The summed E-state index contributed by atoms with van der Waals surface area (Å²) >= 11 is 3.42. The second kappa shape index (κ2) is 5.48. The van der Waals surface area contributed by atoms with Crippen molar-refractivity contribution in [3.8, 4) is 22.9 Å². The summed E-state index contributed by atoms with van der Waals surface area (Å²) < 4.78 is 25.3. The number of rotatable bonds is 1. The molecule has 0 aliphatic carbocycles. The highest BCUT2D eigenvalue weighted by Crippen LogP contribution is 2.40. The van der Waals surface area contributed by atoms with Crippen LogP contribution in [0.2, 0.25) is 0 Å². The molecule has 1 aliphatic rings. The van der Waals surface area contributed by atoms with Crippen LogP contribution in [0, 0.1) is 12.7 Å². The molecule has 1 aliphatic heterocycles. The average molecular weight is 355 g/mol. The Morgan fingerprint density at radius 3 is 2.86 bits per heavy atom. The van der Waals surface area contributed by atoms with Crippen LogP contribution in [-0.4, -0.2) is 23.2 Å². The van der Waals surface area contributed by atoms with Gasteiger partial charge >= 0.3 is 0 Å². The van der Waals surface area contributed by atoms with Gasteiger partial charge in [0, 0.05) is 12.0 Å². The number of nitrogens with one attached hydrogen (secondary N) is 1. The summed E-state index contributed by atoms with van der Waals surface area (Å²) in [6.45, 7) is 2.58. The Hall–Kier alpha value is -1.89. The van der Waals surface area contributed by atoms with E-state index in [1.54, 1.807) is 12.1 Å². The highest BCUT2D eigenvalue weighted by Gasteiger charge is 2.17. The number of aromatic amines is 1. The van der Waals surface area contributed by atoms with Gasteiger partial charge in [0.15, 0.2) is 11.5 Å². The molecule has 1 aromatic heterocycles. The average Bonchev–Trinajstić information content (AvgIpc) is 2.69. The molecule has 5 nitrogen and oxygen atoms in total. The molecule has 21 heavy (non-hydrogen) atoms. The molecule has 2 aromatic rings. The first-order valence-corrected chi connectivity index (χ1v) is 7.21. The van der Waals surface area contributed by atoms with Gasteiger partial charge in [0.25, 0.3) is 5.56 Å². The van der Waals surface area contributed by atoms with Gasteiger partial charge < -0.3 is 14.5 Å². The van der Waals surface area contributed by atoms with Gasteiger partial charge in [0.2, 0.25) is 5.82 Å². The lowest BCUT2D eigenvalue weighted by atomic mass is 10.2. The molecule has 0 spiro atoms. The lowest BCUT2D eigenvalue weighted by Crippen LogP contribution is -2.15. The quantitative estimate of drug-likeness (QED) is 0.855. The SMILES string of the molecule is Cc1nc(-c2cc(Br)c3c(c2)OCCCO3)[nH]c(=O)c1F. The first kappa shape index (κ1) is 14.1. The summed E-state index contributed by atoms with van der Waals surface area (Å²) in [6.07, 6.45) is 0.793. The van der Waals surface area contributed by atoms with Crippen LogP contribution in [-0.2, 0) is 0 Å². The maximum atomic E-state index is 13.4. The maximum Gasteiger partial charge on any atom is 0.287 e. The van der Waals surface area contributed by atoms with Gasteiger partial charge in [-0.05, 0) is 35.0 Å². The van der Waals surface area contributed by atoms with E-state index in [4.69, 9.17) is 9.47 Å². The molecule has 2 heterocycles. The zero-order chi connectivity index (χ0) is 15.0. The fraction of sp³-hybridized carbons (Fsp3) is 0.286. The van der Waals surface area contributed by atoms with Crippen molar-refractivity contribution in [3.63, 3.8) is 0 Å². The summed E-state index contributed by atoms with van der Waals surface area (Å²) in [5, 5.41) is 0. The van der Waals surface area contributed by atoms with E-state index in [-0.39, 0.29) is 11.5 Å². The van der Waals surface area contributed by atoms with E-state index in [9.17, 15) is 9.18 Å². The summed E-state index contributed by atoms with van der Waals surface area (Å²) in [5.74, 6) is 0.612. The van der Waals surface area contributed by atoms with Crippen molar-refractivity contribution in [2.24, 2.45) is 0 Å². The van der Waals surface area contributed by atoms with Gasteiger partial charge in [0.1, 0.15) is 5.82 Å². The normalized spacial score (nSPS) is 13.9. The summed E-state index contributed by atoms with van der Waals surface area (Å²) in [4.78, 5) is 18.0. The second-order valence-electron chi connectivity index (χ2n) is 4.65. The molecule has 3 rings (SSSR count). The Kier molecular flexibility index (Phi) is 3.67. The topological polar surface area (TPSA) is 64.2 Å². The monoisotopic (exact) mass is 354 g/mol. The fourth-order valence-electron chi connectivity index (χ4n) is 2.08. The number of nitrogens with zero attached hydrogens (tertiary/aromatic N) is 1.